The van der Waals surface area contributed by atoms with Crippen molar-refractivity contribution in [3.63, 3.8) is 0 Å². The fourth-order valence-electron chi connectivity index (χ4n) is 4.00. The van der Waals surface area contributed by atoms with Gasteiger partial charge in [-0.2, -0.15) is 0 Å². The van der Waals surface area contributed by atoms with Crippen LogP contribution in [0.15, 0.2) is 24.3 Å². The van der Waals surface area contributed by atoms with Crippen LogP contribution in [0.2, 0.25) is 0 Å². The second-order valence-electron chi connectivity index (χ2n) is 9.91. The number of amides is 3. The number of hydrogen-bond donors (Lipinski definition) is 2. The summed E-state index contributed by atoms with van der Waals surface area (Å²) in [7, 11) is 0. The zero-order valence-corrected chi connectivity index (χ0v) is 20.4. The van der Waals surface area contributed by atoms with Crippen LogP contribution in [0.25, 0.3) is 0 Å². The summed E-state index contributed by atoms with van der Waals surface area (Å²) >= 11 is 0. The predicted molar refractivity (Wildman–Crippen MR) is 125 cm³/mol. The van der Waals surface area contributed by atoms with Gasteiger partial charge in [0.25, 0.3) is 0 Å². The number of aryl methyl sites for hydroxylation is 1. The molecule has 1 aromatic rings. The Morgan fingerprint density at radius 3 is 2.19 bits per heavy atom. The Hall–Kier alpha value is -2.57. The lowest BCUT2D eigenvalue weighted by atomic mass is 9.94. The molecule has 178 valence electrons. The van der Waals surface area contributed by atoms with Crippen LogP contribution in [0.5, 0.6) is 0 Å². The molecule has 0 bridgehead atoms. The highest BCUT2D eigenvalue weighted by molar-refractivity contribution is 5.90. The van der Waals surface area contributed by atoms with Gasteiger partial charge in [0.1, 0.15) is 18.2 Å². The Morgan fingerprint density at radius 1 is 1.06 bits per heavy atom. The number of hydrogen-bond acceptors (Lipinski definition) is 4. The van der Waals surface area contributed by atoms with E-state index >= 15 is 0 Å². The van der Waals surface area contributed by atoms with E-state index < -0.39 is 17.7 Å². The van der Waals surface area contributed by atoms with E-state index in [0.717, 1.165) is 36.8 Å². The second-order valence-corrected chi connectivity index (χ2v) is 9.91. The maximum absolute atomic E-state index is 13.5. The molecular weight excluding hydrogens is 406 g/mol. The molecule has 2 N–H and O–H groups in total. The maximum atomic E-state index is 13.5. The summed E-state index contributed by atoms with van der Waals surface area (Å²) in [4.78, 5) is 40.3. The minimum Gasteiger partial charge on any atom is -0.444 e. The van der Waals surface area contributed by atoms with Gasteiger partial charge in [0, 0.05) is 12.1 Å². The van der Waals surface area contributed by atoms with E-state index in [9.17, 15) is 14.4 Å². The van der Waals surface area contributed by atoms with Gasteiger partial charge in [0.2, 0.25) is 11.8 Å². The molecule has 7 heteroatoms. The molecule has 2 rings (SSSR count). The molecule has 0 radical (unpaired) electrons. The lowest BCUT2D eigenvalue weighted by Gasteiger charge is -2.36. The lowest BCUT2D eigenvalue weighted by Crippen LogP contribution is -2.52. The van der Waals surface area contributed by atoms with E-state index in [1.54, 1.807) is 25.7 Å². The van der Waals surface area contributed by atoms with E-state index in [0.29, 0.717) is 0 Å². The first-order valence-corrected chi connectivity index (χ1v) is 11.6. The van der Waals surface area contributed by atoms with Crippen molar-refractivity contribution >= 4 is 17.9 Å². The Labute approximate surface area is 192 Å². The van der Waals surface area contributed by atoms with Gasteiger partial charge in [-0.3, -0.25) is 9.59 Å². The van der Waals surface area contributed by atoms with Crippen LogP contribution in [0.1, 0.15) is 83.9 Å². The SMILES string of the molecule is Cc1ccc(C(C(=O)NC2CCCCC2)N(C(=O)CNC(=O)OC(C)(C)C)C(C)C)cc1. The Kier molecular flexibility index (Phi) is 9.10. The first-order valence-electron chi connectivity index (χ1n) is 11.6. The second kappa shape index (κ2) is 11.3. The minimum atomic E-state index is -0.773. The van der Waals surface area contributed by atoms with E-state index in [1.165, 1.54) is 6.42 Å². The highest BCUT2D eigenvalue weighted by atomic mass is 16.6. The molecule has 1 aliphatic rings. The number of rotatable bonds is 7. The van der Waals surface area contributed by atoms with Gasteiger partial charge in [-0.25, -0.2) is 4.79 Å². The van der Waals surface area contributed by atoms with Crippen LogP contribution in [0, 0.1) is 6.92 Å². The summed E-state index contributed by atoms with van der Waals surface area (Å²) in [5.41, 5.74) is 1.17. The minimum absolute atomic E-state index is 0.133. The molecule has 1 atom stereocenters. The van der Waals surface area contributed by atoms with Gasteiger partial charge >= 0.3 is 6.09 Å². The molecule has 0 spiro atoms. The number of carbonyl (C=O) groups is 3. The Morgan fingerprint density at radius 2 is 1.66 bits per heavy atom. The fourth-order valence-corrected chi connectivity index (χ4v) is 4.00. The first-order chi connectivity index (χ1) is 15.0. The molecular formula is C25H39N3O4. The summed E-state index contributed by atoms with van der Waals surface area (Å²) in [6.07, 6.45) is 4.66. The van der Waals surface area contributed by atoms with Crippen LogP contribution < -0.4 is 10.6 Å². The van der Waals surface area contributed by atoms with Crippen molar-refractivity contribution < 1.29 is 19.1 Å². The summed E-state index contributed by atoms with van der Waals surface area (Å²) in [5.74, 6) is -0.518. The monoisotopic (exact) mass is 445 g/mol. The molecule has 32 heavy (non-hydrogen) atoms. The van der Waals surface area contributed by atoms with Gasteiger partial charge in [0.15, 0.2) is 0 Å². The van der Waals surface area contributed by atoms with Crippen molar-refractivity contribution in [2.75, 3.05) is 6.54 Å². The van der Waals surface area contributed by atoms with Crippen molar-refractivity contribution in [2.24, 2.45) is 0 Å². The van der Waals surface area contributed by atoms with Gasteiger partial charge in [-0.05, 0) is 59.9 Å². The van der Waals surface area contributed by atoms with Gasteiger partial charge in [-0.1, -0.05) is 49.1 Å². The number of benzene rings is 1. The Bertz CT molecular complexity index is 777. The standard InChI is InChI=1S/C25H39N3O4/c1-17(2)28(21(29)16-26-24(31)32-25(4,5)6)22(19-14-12-18(3)13-15-19)23(30)27-20-10-8-7-9-11-20/h12-15,17,20,22H,7-11,16H2,1-6H3,(H,26,31)(H,27,30). The van der Waals surface area contributed by atoms with E-state index in [1.807, 2.05) is 45.0 Å². The third-order valence-corrected chi connectivity index (χ3v) is 5.50. The molecule has 0 heterocycles. The zero-order valence-electron chi connectivity index (χ0n) is 20.4. The predicted octanol–water partition coefficient (Wildman–Crippen LogP) is 4.25. The van der Waals surface area contributed by atoms with Crippen molar-refractivity contribution in [1.82, 2.24) is 15.5 Å². The quantitative estimate of drug-likeness (QED) is 0.657. The van der Waals surface area contributed by atoms with E-state index in [4.69, 9.17) is 4.74 Å². The maximum Gasteiger partial charge on any atom is 0.408 e. The summed E-state index contributed by atoms with van der Waals surface area (Å²) in [6, 6.07) is 6.79. The first kappa shape index (κ1) is 25.7. The van der Waals surface area contributed by atoms with Crippen LogP contribution in [-0.4, -0.2) is 47.0 Å². The number of alkyl carbamates (subject to hydrolysis) is 1. The fraction of sp³-hybridized carbons (Fsp3) is 0.640. The molecule has 1 saturated carbocycles. The highest BCUT2D eigenvalue weighted by Gasteiger charge is 2.34. The highest BCUT2D eigenvalue weighted by Crippen LogP contribution is 2.26. The molecule has 1 aliphatic carbocycles. The van der Waals surface area contributed by atoms with Crippen LogP contribution in [0.3, 0.4) is 0 Å². The lowest BCUT2D eigenvalue weighted by molar-refractivity contribution is -0.142. The van der Waals surface area contributed by atoms with Gasteiger partial charge < -0.3 is 20.3 Å². The molecule has 3 amide bonds. The zero-order chi connectivity index (χ0) is 23.9. The van der Waals surface area contributed by atoms with Crippen LogP contribution in [0.4, 0.5) is 4.79 Å². The third kappa shape index (κ3) is 7.84. The van der Waals surface area contributed by atoms with Crippen molar-refractivity contribution in [3.8, 4) is 0 Å². The normalized spacial score (nSPS) is 15.7. The van der Waals surface area contributed by atoms with Gasteiger partial charge in [0.05, 0.1) is 0 Å². The molecule has 1 unspecified atom stereocenters. The molecule has 1 aromatic carbocycles. The van der Waals surface area contributed by atoms with Gasteiger partial charge in [-0.15, -0.1) is 0 Å². The topological polar surface area (TPSA) is 87.7 Å². The summed E-state index contributed by atoms with van der Waals surface area (Å²) < 4.78 is 5.23. The summed E-state index contributed by atoms with van der Waals surface area (Å²) in [5, 5.41) is 5.70. The summed E-state index contributed by atoms with van der Waals surface area (Å²) in [6.45, 7) is 10.8. The number of nitrogens with zero attached hydrogens (tertiary/aromatic N) is 1. The van der Waals surface area contributed by atoms with Crippen molar-refractivity contribution in [3.05, 3.63) is 35.4 Å². The molecule has 0 aromatic heterocycles. The average Bonchev–Trinajstić information content (AvgIpc) is 2.70. The van der Waals surface area contributed by atoms with Crippen LogP contribution in [-0.2, 0) is 14.3 Å². The Balaban J connectivity index is 2.23. The smallest absolute Gasteiger partial charge is 0.408 e. The number of nitrogens with one attached hydrogen (secondary N) is 2. The third-order valence-electron chi connectivity index (χ3n) is 5.50. The van der Waals surface area contributed by atoms with Crippen molar-refractivity contribution in [2.45, 2.75) is 97.4 Å². The number of ether oxygens (including phenoxy) is 1. The van der Waals surface area contributed by atoms with Crippen LogP contribution >= 0.6 is 0 Å². The van der Waals surface area contributed by atoms with E-state index in [-0.39, 0.29) is 30.4 Å². The molecule has 7 nitrogen and oxygen atoms in total. The van der Waals surface area contributed by atoms with Crippen molar-refractivity contribution in [1.29, 1.82) is 0 Å². The molecule has 0 aliphatic heterocycles. The molecule has 0 saturated heterocycles. The number of carbonyl (C=O) groups excluding carboxylic acids is 3. The average molecular weight is 446 g/mol. The largest absolute Gasteiger partial charge is 0.444 e. The van der Waals surface area contributed by atoms with E-state index in [2.05, 4.69) is 10.6 Å². The molecule has 1 fully saturated rings.